The molecule has 1 saturated heterocycles. The van der Waals surface area contributed by atoms with Gasteiger partial charge in [0.25, 0.3) is 11.8 Å². The number of unbranched alkanes of at least 4 members (excludes halogenated alkanes) is 1. The van der Waals surface area contributed by atoms with E-state index in [9.17, 15) is 38.7 Å². The highest BCUT2D eigenvalue weighted by atomic mass is 35.5. The van der Waals surface area contributed by atoms with Crippen LogP contribution in [0.15, 0.2) is 177 Å². The Hall–Kier alpha value is -13.0. The van der Waals surface area contributed by atoms with Gasteiger partial charge in [-0.2, -0.15) is 0 Å². The second-order valence-corrected chi connectivity index (χ2v) is 30.5. The molecule has 0 spiro atoms. The third-order valence-corrected chi connectivity index (χ3v) is 20.0. The molecule has 34 heteroatoms. The zero-order valence-corrected chi connectivity index (χ0v) is 68.2. The fourth-order valence-corrected chi connectivity index (χ4v) is 13.6. The van der Waals surface area contributed by atoms with Gasteiger partial charge < -0.3 is 79.5 Å². The first kappa shape index (κ1) is 90.9. The van der Waals surface area contributed by atoms with Gasteiger partial charge in [-0.15, -0.1) is 0 Å². The highest BCUT2D eigenvalue weighted by molar-refractivity contribution is 6.30. The van der Waals surface area contributed by atoms with E-state index in [4.69, 9.17) is 17.3 Å². The number of carbonyl (C=O) groups excluding carboxylic acids is 13. The topological polar surface area (TPSA) is 480 Å². The van der Waals surface area contributed by atoms with Gasteiger partial charge in [-0.3, -0.25) is 77.3 Å². The smallest absolute Gasteiger partial charge is 0.275 e. The number of anilines is 2. The van der Waals surface area contributed by atoms with Crippen LogP contribution in [0.25, 0.3) is 10.8 Å². The summed E-state index contributed by atoms with van der Waals surface area (Å²) in [6.45, 7) is 9.87. The molecule has 15 N–H and O–H groups in total. The van der Waals surface area contributed by atoms with E-state index in [2.05, 4.69) is 88.7 Å². The molecule has 4 heterocycles. The van der Waals surface area contributed by atoms with E-state index in [0.29, 0.717) is 64.3 Å². The van der Waals surface area contributed by atoms with Crippen LogP contribution in [0.4, 0.5) is 11.4 Å². The molecule has 0 radical (unpaired) electrons. The summed E-state index contributed by atoms with van der Waals surface area (Å²) in [6.07, 6.45) is 11.6. The summed E-state index contributed by atoms with van der Waals surface area (Å²) in [4.78, 5) is 207. The summed E-state index contributed by atoms with van der Waals surface area (Å²) < 4.78 is 0. The number of nitrogens with one attached hydrogen (secondary N) is 12. The van der Waals surface area contributed by atoms with Crippen molar-refractivity contribution < 1.29 is 67.4 Å². The SMILES string of the molecule is CC(=O)N[C@H](Cc1ccc2ccccc2c1)C(=O)N[C@H](Cc1ccc(Cl)cc1)C(=O)N[C@H](Cc1cccnc1)C(=O)N[C@@H](CO)C(=O)N[C@@H](Cc1ccc(NC(=O)c2cnccn2)cc1)C(=O)N[C@H](Cc1ccc(NC(=O)c2cnccn2)cc1)C(=O)N[C@@H](CC(C)C)C(=O)N[C@@H](CCCCNC(C)C)C(=O)N1CCC[C@H]1C(=O)N[C@H](C)C(N)=O. The molecule has 3 aromatic heterocycles. The van der Waals surface area contributed by atoms with Crippen molar-refractivity contribution in [1.29, 1.82) is 0 Å². The van der Waals surface area contributed by atoms with E-state index in [1.54, 1.807) is 62.4 Å². The quantitative estimate of drug-likeness (QED) is 0.0243. The van der Waals surface area contributed by atoms with E-state index < -0.39 is 144 Å². The Morgan fingerprint density at radius 1 is 0.475 bits per heavy atom. The summed E-state index contributed by atoms with van der Waals surface area (Å²) in [6, 6.07) is 21.2. The fourth-order valence-electron chi connectivity index (χ4n) is 13.5. The number of benzene rings is 5. The van der Waals surface area contributed by atoms with Crippen molar-refractivity contribution in [1.82, 2.24) is 83.0 Å². The molecule has 632 valence electrons. The van der Waals surface area contributed by atoms with Crippen molar-refractivity contribution in [3.63, 3.8) is 0 Å². The van der Waals surface area contributed by atoms with Crippen LogP contribution < -0.4 is 69.5 Å². The summed E-state index contributed by atoms with van der Waals surface area (Å²) in [5, 5.41) is 46.7. The Morgan fingerprint density at radius 2 is 0.925 bits per heavy atom. The number of amides is 13. The number of aromatic nitrogens is 5. The molecular weight excluding hydrogens is 1560 g/mol. The number of aliphatic hydroxyl groups is 1. The molecular formula is C86H102ClN19O14. The predicted octanol–water partition coefficient (Wildman–Crippen LogP) is 3.57. The lowest BCUT2D eigenvalue weighted by atomic mass is 9.99. The Kier molecular flexibility index (Phi) is 34.1. The van der Waals surface area contributed by atoms with Gasteiger partial charge in [-0.1, -0.05) is 124 Å². The maximum Gasteiger partial charge on any atom is 0.275 e. The third kappa shape index (κ3) is 28.1. The largest absolute Gasteiger partial charge is 0.394 e. The zero-order valence-electron chi connectivity index (χ0n) is 67.5. The van der Waals surface area contributed by atoms with Crippen molar-refractivity contribution in [2.24, 2.45) is 11.7 Å². The molecule has 33 nitrogen and oxygen atoms in total. The number of likely N-dealkylation sites (tertiary alicyclic amines) is 1. The van der Waals surface area contributed by atoms with Crippen LogP contribution in [0.1, 0.15) is 129 Å². The minimum atomic E-state index is -1.90. The molecule has 8 aromatic rings. The second kappa shape index (κ2) is 45.1. The van der Waals surface area contributed by atoms with Gasteiger partial charge in [-0.25, -0.2) is 9.97 Å². The maximum absolute atomic E-state index is 15.6. The van der Waals surface area contributed by atoms with Gasteiger partial charge >= 0.3 is 0 Å². The van der Waals surface area contributed by atoms with Gasteiger partial charge in [-0.05, 0) is 139 Å². The van der Waals surface area contributed by atoms with Crippen molar-refractivity contribution in [2.75, 3.05) is 30.3 Å². The van der Waals surface area contributed by atoms with Crippen LogP contribution in [0.3, 0.4) is 0 Å². The number of hydrogen-bond acceptors (Lipinski definition) is 20. The highest BCUT2D eigenvalue weighted by Gasteiger charge is 2.41. The molecule has 0 aliphatic carbocycles. The lowest BCUT2D eigenvalue weighted by molar-refractivity contribution is -0.142. The van der Waals surface area contributed by atoms with Crippen LogP contribution in [0.5, 0.6) is 0 Å². The number of primary amides is 1. The lowest BCUT2D eigenvalue weighted by Gasteiger charge is -2.31. The Morgan fingerprint density at radius 3 is 1.40 bits per heavy atom. The summed E-state index contributed by atoms with van der Waals surface area (Å²) in [5.74, 6) is -10.5. The number of nitrogens with zero attached hydrogens (tertiary/aromatic N) is 6. The molecule has 10 atom stereocenters. The molecule has 9 rings (SSSR count). The number of aliphatic hydroxyl groups excluding tert-OH is 1. The number of halogens is 1. The van der Waals surface area contributed by atoms with Crippen LogP contribution in [-0.2, 0) is 84.8 Å². The number of carbonyl (C=O) groups is 13. The normalized spacial score (nSPS) is 14.7. The maximum atomic E-state index is 15.6. The van der Waals surface area contributed by atoms with E-state index in [1.807, 2.05) is 56.3 Å². The summed E-state index contributed by atoms with van der Waals surface area (Å²) in [5.41, 5.74) is 8.48. The number of hydrogen-bond donors (Lipinski definition) is 14. The van der Waals surface area contributed by atoms with Crippen molar-refractivity contribution >= 4 is 111 Å². The summed E-state index contributed by atoms with van der Waals surface area (Å²) >= 11 is 6.29. The molecule has 0 unspecified atom stereocenters. The van der Waals surface area contributed by atoms with Gasteiger partial charge in [0, 0.05) is 105 Å². The van der Waals surface area contributed by atoms with Crippen LogP contribution >= 0.6 is 11.6 Å². The Bertz CT molecular complexity index is 4870. The average Bonchev–Trinajstić information content (AvgIpc) is 1.65. The first-order chi connectivity index (χ1) is 57.6. The number of nitrogens with two attached hydrogens (primary N) is 1. The molecule has 1 fully saturated rings. The van der Waals surface area contributed by atoms with Gasteiger partial charge in [0.05, 0.1) is 19.0 Å². The van der Waals surface area contributed by atoms with Crippen molar-refractivity contribution in [2.45, 2.75) is 179 Å². The van der Waals surface area contributed by atoms with E-state index in [1.165, 1.54) is 105 Å². The Labute approximate surface area is 699 Å². The van der Waals surface area contributed by atoms with E-state index in [0.717, 1.165) is 10.8 Å². The van der Waals surface area contributed by atoms with E-state index >= 15 is 28.8 Å². The molecule has 5 aromatic carbocycles. The number of fused-ring (bicyclic) bond motifs is 1. The van der Waals surface area contributed by atoms with Gasteiger partial charge in [0.1, 0.15) is 71.8 Å². The number of rotatable bonds is 42. The second-order valence-electron chi connectivity index (χ2n) is 30.1. The average molecular weight is 1660 g/mol. The van der Waals surface area contributed by atoms with E-state index in [-0.39, 0.29) is 86.9 Å². The zero-order chi connectivity index (χ0) is 86.4. The molecule has 1 aliphatic rings. The first-order valence-corrected chi connectivity index (χ1v) is 40.0. The van der Waals surface area contributed by atoms with Gasteiger partial charge in [0.15, 0.2) is 0 Å². The molecule has 120 heavy (non-hydrogen) atoms. The minimum Gasteiger partial charge on any atom is -0.394 e. The fraction of sp³-hybridized carbons (Fsp3) is 0.372. The summed E-state index contributed by atoms with van der Waals surface area (Å²) in [7, 11) is 0. The van der Waals surface area contributed by atoms with Crippen LogP contribution in [-0.4, -0.2) is 198 Å². The molecule has 13 amide bonds. The standard InChI is InChI=1S/C86H102ClN19O14/c1-50(2)39-65(76(110)99-64(16-9-10-33-92-51(3)4)86(120)106-38-12-17-74(106)85(119)95-52(5)75(88)109)100-78(112)68(42-55-21-28-62(29-22-55)97-82(116)71-47-90-34-36-93-71)102-80(114)69(43-56-23-30-63(31-24-56)98-83(117)72-48-91-35-37-94-72)104-84(118)73(49-107)105-81(115)70(45-58-13-11-32-89-46-58)103-79(113)67(41-54-19-26-61(87)27-20-54)101-77(111)66(96-53(6)108)44-57-18-25-59-14-7-8-15-60(59)40-57/h7-8,11,13-15,18-32,34-37,40,46-48,50-52,64-70,73-74,92,107H,9-10,12,16-17,33,38-39,41-45,49H2,1-6H3,(H2,88,109)(H,95,119)(H,96,108)(H,97,116)(H,98,117)(H,99,110)(H,100,112)(H,101,111)(H,102,114)(H,103,113)(H,104,118)(H,105,115)/t52-,64+,65+,66-,67-,68-,69+,70-,73+,74+/m1/s1. The number of pyridine rings is 1. The van der Waals surface area contributed by atoms with Crippen LogP contribution in [0.2, 0.25) is 5.02 Å². The van der Waals surface area contributed by atoms with Crippen LogP contribution in [0, 0.1) is 5.92 Å². The molecule has 0 saturated carbocycles. The minimum absolute atomic E-state index is 0.00511. The van der Waals surface area contributed by atoms with Crippen molar-refractivity contribution in [3.05, 3.63) is 221 Å². The predicted molar refractivity (Wildman–Crippen MR) is 447 cm³/mol. The Balaban J connectivity index is 1.02. The van der Waals surface area contributed by atoms with Gasteiger partial charge in [0.2, 0.25) is 65.0 Å². The first-order valence-electron chi connectivity index (χ1n) is 39.6. The lowest BCUT2D eigenvalue weighted by Crippen LogP contribution is -2.62. The molecule has 0 bridgehead atoms. The highest BCUT2D eigenvalue weighted by Crippen LogP contribution is 2.24. The molecule has 1 aliphatic heterocycles. The van der Waals surface area contributed by atoms with Crippen molar-refractivity contribution in [3.8, 4) is 0 Å². The third-order valence-electron chi connectivity index (χ3n) is 19.8. The monoisotopic (exact) mass is 1660 g/mol.